The van der Waals surface area contributed by atoms with E-state index in [-0.39, 0.29) is 11.7 Å². The summed E-state index contributed by atoms with van der Waals surface area (Å²) < 4.78 is 22.3. The minimum atomic E-state index is -2.57. The van der Waals surface area contributed by atoms with Crippen molar-refractivity contribution in [3.63, 3.8) is 0 Å². The first-order valence-electron chi connectivity index (χ1n) is 4.97. The molecule has 66 valence electrons. The zero-order valence-corrected chi connectivity index (χ0v) is 6.81. The summed E-state index contributed by atoms with van der Waals surface area (Å²) in [4.78, 5) is 13.6. The van der Waals surface area contributed by atoms with Gasteiger partial charge in [0.1, 0.15) is 6.20 Å². The second kappa shape index (κ2) is 2.92. The molecule has 0 fully saturated rings. The van der Waals surface area contributed by atoms with Crippen LogP contribution in [0.15, 0.2) is 6.20 Å². The predicted molar refractivity (Wildman–Crippen MR) is 44.0 cm³/mol. The topological polar surface area (TPSA) is 61.0 Å². The van der Waals surface area contributed by atoms with Crippen LogP contribution in [0.3, 0.4) is 0 Å². The molecule has 5 heteroatoms. The van der Waals surface area contributed by atoms with Crippen molar-refractivity contribution in [3.05, 3.63) is 22.1 Å². The third-order valence-corrected chi connectivity index (χ3v) is 1.47. The van der Waals surface area contributed by atoms with Crippen molar-refractivity contribution < 1.29 is 9.04 Å². The molecule has 0 radical (unpaired) electrons. The third-order valence-electron chi connectivity index (χ3n) is 1.47. The Kier molecular flexibility index (Phi) is 1.29. The Hall–Kier alpha value is -1.39. The fourth-order valence-corrected chi connectivity index (χ4v) is 0.893. The van der Waals surface area contributed by atoms with Crippen LogP contribution in [0.1, 0.15) is 29.7 Å². The molecule has 0 bridgehead atoms. The van der Waals surface area contributed by atoms with Gasteiger partial charge in [0.05, 0.1) is 11.1 Å². The van der Waals surface area contributed by atoms with Gasteiger partial charge < -0.3 is 10.1 Å². The number of imidazole rings is 1. The van der Waals surface area contributed by atoms with Crippen LogP contribution in [0.5, 0.6) is 0 Å². The summed E-state index contributed by atoms with van der Waals surface area (Å²) in [6, 6.07) is 0. The molecule has 0 N–H and O–H groups in total. The average molecular weight is 172 g/mol. The number of rotatable bonds is 2. The quantitative estimate of drug-likeness (QED) is 0.501. The summed E-state index contributed by atoms with van der Waals surface area (Å²) in [5, 5.41) is 10.6. The molecule has 0 aliphatic heterocycles. The van der Waals surface area contributed by atoms with E-state index in [1.54, 1.807) is 13.8 Å². The summed E-state index contributed by atoms with van der Waals surface area (Å²) in [6.45, 7) is 0.890. The maximum atomic E-state index is 10.6. The first-order valence-corrected chi connectivity index (χ1v) is 3.47. The summed E-state index contributed by atoms with van der Waals surface area (Å²) in [5.74, 6) is -0.487. The van der Waals surface area contributed by atoms with Gasteiger partial charge in [-0.25, -0.2) is 9.55 Å². The normalized spacial score (nSPS) is 15.4. The predicted octanol–water partition coefficient (Wildman–Crippen LogP) is 1.45. The Balaban J connectivity index is 3.40. The van der Waals surface area contributed by atoms with Gasteiger partial charge in [0.25, 0.3) is 0 Å². The lowest BCUT2D eigenvalue weighted by atomic mass is 10.2. The Bertz CT molecular complexity index is 383. The zero-order valence-electron chi connectivity index (χ0n) is 9.81. The van der Waals surface area contributed by atoms with Gasteiger partial charge in [-0.05, 0) is 4.92 Å². The number of nitro groups is 1. The van der Waals surface area contributed by atoms with Crippen molar-refractivity contribution in [2.75, 3.05) is 0 Å². The van der Waals surface area contributed by atoms with Gasteiger partial charge in [-0.3, -0.25) is 0 Å². The number of aromatic nitrogens is 2. The van der Waals surface area contributed by atoms with Gasteiger partial charge in [-0.1, -0.05) is 13.8 Å². The van der Waals surface area contributed by atoms with E-state index in [4.69, 9.17) is 4.11 Å². The van der Waals surface area contributed by atoms with Gasteiger partial charge in [-0.15, -0.1) is 0 Å². The van der Waals surface area contributed by atoms with E-state index < -0.39 is 17.7 Å². The standard InChI is InChI=1S/C7H11N3O2/c1-5(2)7-8-4-6(9(7)3)10(11)12/h4-5H,1-3H3/i3D3. The lowest BCUT2D eigenvalue weighted by Crippen LogP contribution is -2.03. The Labute approximate surface area is 74.4 Å². The van der Waals surface area contributed by atoms with Crippen LogP contribution in [0.25, 0.3) is 0 Å². The minimum absolute atomic E-state index is 0.181. The lowest BCUT2D eigenvalue weighted by Gasteiger charge is -1.99. The van der Waals surface area contributed by atoms with Crippen LogP contribution in [0, 0.1) is 10.1 Å². The van der Waals surface area contributed by atoms with E-state index in [2.05, 4.69) is 4.98 Å². The first kappa shape index (κ1) is 5.29. The molecule has 0 aliphatic rings. The zero-order chi connectivity index (χ0) is 11.8. The molecule has 12 heavy (non-hydrogen) atoms. The molecule has 0 saturated heterocycles. The molecule has 0 unspecified atom stereocenters. The van der Waals surface area contributed by atoms with E-state index in [0.717, 1.165) is 6.20 Å². The molecule has 0 aromatic carbocycles. The van der Waals surface area contributed by atoms with E-state index in [1.165, 1.54) is 0 Å². The van der Waals surface area contributed by atoms with Crippen molar-refractivity contribution in [3.8, 4) is 0 Å². The average Bonchev–Trinajstić information content (AvgIpc) is 2.45. The van der Waals surface area contributed by atoms with E-state index in [1.807, 2.05) is 0 Å². The molecule has 1 aromatic heterocycles. The SMILES string of the molecule is [2H]C([2H])([2H])n1c([N+](=O)[O-])cnc1C(C)C. The Morgan fingerprint density at radius 2 is 2.50 bits per heavy atom. The molecule has 1 rings (SSSR count). The molecule has 1 heterocycles. The van der Waals surface area contributed by atoms with Gasteiger partial charge in [0.2, 0.25) is 0 Å². The van der Waals surface area contributed by atoms with Gasteiger partial charge in [-0.2, -0.15) is 0 Å². The van der Waals surface area contributed by atoms with Crippen LogP contribution in [-0.4, -0.2) is 14.5 Å². The number of nitrogens with zero attached hydrogens (tertiary/aromatic N) is 3. The van der Waals surface area contributed by atoms with Crippen LogP contribution < -0.4 is 0 Å². The van der Waals surface area contributed by atoms with E-state index in [9.17, 15) is 10.1 Å². The molecule has 0 amide bonds. The van der Waals surface area contributed by atoms with Crippen LogP contribution in [0.4, 0.5) is 5.82 Å². The van der Waals surface area contributed by atoms with Crippen molar-refractivity contribution >= 4 is 5.82 Å². The maximum Gasteiger partial charge on any atom is 0.342 e. The lowest BCUT2D eigenvalue weighted by molar-refractivity contribution is -0.391. The molecular formula is C7H11N3O2. The van der Waals surface area contributed by atoms with Crippen molar-refractivity contribution in [1.82, 2.24) is 9.55 Å². The summed E-state index contributed by atoms with van der Waals surface area (Å²) in [7, 11) is 0. The highest BCUT2D eigenvalue weighted by Crippen LogP contribution is 2.17. The Morgan fingerprint density at radius 3 is 2.92 bits per heavy atom. The molecule has 1 aromatic rings. The molecule has 0 saturated carbocycles. The van der Waals surface area contributed by atoms with Crippen LogP contribution >= 0.6 is 0 Å². The number of hydrogen-bond donors (Lipinski definition) is 0. The van der Waals surface area contributed by atoms with Crippen molar-refractivity contribution in [2.45, 2.75) is 19.8 Å². The maximum absolute atomic E-state index is 10.6. The molecular weight excluding hydrogens is 158 g/mol. The fraction of sp³-hybridized carbons (Fsp3) is 0.571. The molecule has 0 spiro atoms. The molecule has 0 aliphatic carbocycles. The van der Waals surface area contributed by atoms with Crippen molar-refractivity contribution in [1.29, 1.82) is 0 Å². The summed E-state index contributed by atoms with van der Waals surface area (Å²) in [6.07, 6.45) is 0.974. The van der Waals surface area contributed by atoms with Gasteiger partial charge in [0.15, 0.2) is 5.82 Å². The third kappa shape index (κ3) is 1.30. The van der Waals surface area contributed by atoms with Crippen LogP contribution in [-0.2, 0) is 6.98 Å². The van der Waals surface area contributed by atoms with Gasteiger partial charge in [0, 0.05) is 5.92 Å². The smallest absolute Gasteiger partial charge is 0.342 e. The van der Waals surface area contributed by atoms with Crippen molar-refractivity contribution in [2.24, 2.45) is 6.98 Å². The highest BCUT2D eigenvalue weighted by molar-refractivity contribution is 5.19. The second-order valence-electron chi connectivity index (χ2n) is 2.72. The van der Waals surface area contributed by atoms with E-state index in [0.29, 0.717) is 4.57 Å². The number of hydrogen-bond acceptors (Lipinski definition) is 3. The highest BCUT2D eigenvalue weighted by Gasteiger charge is 2.18. The van der Waals surface area contributed by atoms with Crippen LogP contribution in [0.2, 0.25) is 0 Å². The van der Waals surface area contributed by atoms with Gasteiger partial charge >= 0.3 is 5.82 Å². The largest absolute Gasteiger partial charge is 0.358 e. The minimum Gasteiger partial charge on any atom is -0.358 e. The monoisotopic (exact) mass is 172 g/mol. The molecule has 5 nitrogen and oxygen atoms in total. The summed E-state index contributed by atoms with van der Waals surface area (Å²) in [5.41, 5.74) is 0. The second-order valence-corrected chi connectivity index (χ2v) is 2.72. The highest BCUT2D eigenvalue weighted by atomic mass is 16.6. The molecule has 0 atom stereocenters. The fourth-order valence-electron chi connectivity index (χ4n) is 0.893. The first-order chi connectivity index (χ1) is 6.75. The summed E-state index contributed by atoms with van der Waals surface area (Å²) >= 11 is 0. The Morgan fingerprint density at radius 1 is 1.83 bits per heavy atom. The van der Waals surface area contributed by atoms with E-state index >= 15 is 0 Å².